The smallest absolute Gasteiger partial charge is 0.165 e. The molecule has 0 unspecified atom stereocenters. The third kappa shape index (κ3) is 3.23. The minimum Gasteiger partial charge on any atom is -0.496 e. The summed E-state index contributed by atoms with van der Waals surface area (Å²) >= 11 is 15.4. The molecule has 0 saturated carbocycles. The Bertz CT molecular complexity index is 638. The molecule has 1 aromatic heterocycles. The van der Waals surface area contributed by atoms with Crippen molar-refractivity contribution in [2.75, 3.05) is 14.2 Å². The molecule has 0 aliphatic rings. The quantitative estimate of drug-likeness (QED) is 0.742. The third-order valence-electron chi connectivity index (χ3n) is 2.56. The van der Waals surface area contributed by atoms with Crippen LogP contribution in [0, 0.1) is 0 Å². The van der Waals surface area contributed by atoms with Crippen molar-refractivity contribution in [3.8, 4) is 17.1 Å². The van der Waals surface area contributed by atoms with E-state index in [0.717, 1.165) is 0 Å². The van der Waals surface area contributed by atoms with Gasteiger partial charge in [0, 0.05) is 12.1 Å². The molecule has 0 aliphatic carbocycles. The molecule has 2 rings (SSSR count). The van der Waals surface area contributed by atoms with Crippen LogP contribution in [0.2, 0.25) is 10.2 Å². The van der Waals surface area contributed by atoms with E-state index < -0.39 is 0 Å². The van der Waals surface area contributed by atoms with Crippen LogP contribution in [0.3, 0.4) is 0 Å². The van der Waals surface area contributed by atoms with Crippen LogP contribution in [0.4, 0.5) is 0 Å². The molecule has 1 heterocycles. The number of nitrogens with zero attached hydrogens (tertiary/aromatic N) is 2. The molecule has 106 valence electrons. The van der Waals surface area contributed by atoms with Gasteiger partial charge in [-0.25, -0.2) is 9.97 Å². The zero-order valence-corrected chi connectivity index (χ0v) is 13.9. The maximum Gasteiger partial charge on any atom is 0.165 e. The Morgan fingerprint density at radius 1 is 1.20 bits per heavy atom. The third-order valence-corrected chi connectivity index (χ3v) is 4.14. The van der Waals surface area contributed by atoms with Gasteiger partial charge in [0.15, 0.2) is 5.82 Å². The number of hydrogen-bond donors (Lipinski definition) is 0. The molecule has 0 amide bonds. The summed E-state index contributed by atoms with van der Waals surface area (Å²) in [7, 11) is 3.15. The molecule has 2 aromatic rings. The van der Waals surface area contributed by atoms with Crippen molar-refractivity contribution in [1.82, 2.24) is 9.97 Å². The molecule has 1 aromatic carbocycles. The summed E-state index contributed by atoms with van der Waals surface area (Å²) in [4.78, 5) is 8.69. The highest BCUT2D eigenvalue weighted by Crippen LogP contribution is 2.33. The monoisotopic (exact) mass is 376 g/mol. The average molecular weight is 378 g/mol. The summed E-state index contributed by atoms with van der Waals surface area (Å²) in [6.07, 6.45) is 0. The number of hydrogen-bond acceptors (Lipinski definition) is 4. The van der Waals surface area contributed by atoms with E-state index >= 15 is 0 Å². The number of benzene rings is 1. The molecule has 0 saturated heterocycles. The summed E-state index contributed by atoms with van der Waals surface area (Å²) < 4.78 is 11.0. The number of aromatic nitrogens is 2. The van der Waals surface area contributed by atoms with Gasteiger partial charge in [-0.3, -0.25) is 0 Å². The summed E-state index contributed by atoms with van der Waals surface area (Å²) in [5.41, 5.74) is 1.38. The molecule has 0 spiro atoms. The highest BCUT2D eigenvalue weighted by Gasteiger charge is 2.15. The summed E-state index contributed by atoms with van der Waals surface area (Å²) in [5.74, 6) is 1.04. The van der Waals surface area contributed by atoms with Crippen molar-refractivity contribution in [1.29, 1.82) is 0 Å². The lowest BCUT2D eigenvalue weighted by atomic mass is 10.2. The highest BCUT2D eigenvalue weighted by atomic mass is 79.9. The molecule has 4 nitrogen and oxygen atoms in total. The first kappa shape index (κ1) is 15.5. The first-order valence-electron chi connectivity index (χ1n) is 5.61. The van der Waals surface area contributed by atoms with Crippen molar-refractivity contribution in [2.45, 2.75) is 6.61 Å². The molecule has 0 radical (unpaired) electrons. The molecular formula is C13H11BrCl2N2O2. The molecule has 0 N–H and O–H groups in total. The predicted octanol–water partition coefficient (Wildman–Crippen LogP) is 4.37. The van der Waals surface area contributed by atoms with E-state index in [1.165, 1.54) is 0 Å². The number of methoxy groups -OCH3 is 2. The standard InChI is InChI=1S/C13H11BrCl2N2O2/c1-19-6-9-11(14)12(16)18-13(17-9)8-4-3-7(15)5-10(8)20-2/h3-5H,6H2,1-2H3. The molecule has 0 atom stereocenters. The van der Waals surface area contributed by atoms with E-state index in [0.29, 0.717) is 44.1 Å². The lowest BCUT2D eigenvalue weighted by Gasteiger charge is -2.11. The van der Waals surface area contributed by atoms with Crippen LogP contribution in [0.1, 0.15) is 5.69 Å². The van der Waals surface area contributed by atoms with Crippen LogP contribution < -0.4 is 4.74 Å². The van der Waals surface area contributed by atoms with Gasteiger partial charge in [-0.05, 0) is 34.1 Å². The fourth-order valence-corrected chi connectivity index (χ4v) is 2.31. The first-order chi connectivity index (χ1) is 9.56. The second kappa shape index (κ2) is 6.72. The lowest BCUT2D eigenvalue weighted by molar-refractivity contribution is 0.181. The lowest BCUT2D eigenvalue weighted by Crippen LogP contribution is -2.01. The normalized spacial score (nSPS) is 10.7. The second-order valence-corrected chi connectivity index (χ2v) is 5.46. The van der Waals surface area contributed by atoms with E-state index in [9.17, 15) is 0 Å². The van der Waals surface area contributed by atoms with Gasteiger partial charge in [-0.2, -0.15) is 0 Å². The number of ether oxygens (including phenoxy) is 2. The second-order valence-electron chi connectivity index (χ2n) is 3.88. The average Bonchev–Trinajstić information content (AvgIpc) is 2.43. The zero-order chi connectivity index (χ0) is 14.7. The van der Waals surface area contributed by atoms with Gasteiger partial charge >= 0.3 is 0 Å². The van der Waals surface area contributed by atoms with Gasteiger partial charge in [0.05, 0.1) is 29.4 Å². The minimum absolute atomic E-state index is 0.319. The van der Waals surface area contributed by atoms with Crippen LogP contribution in [-0.2, 0) is 11.3 Å². The Labute approximate surface area is 135 Å². The van der Waals surface area contributed by atoms with Crippen molar-refractivity contribution in [3.63, 3.8) is 0 Å². The van der Waals surface area contributed by atoms with E-state index in [1.807, 2.05) is 0 Å². The zero-order valence-electron chi connectivity index (χ0n) is 10.8. The molecule has 0 bridgehead atoms. The van der Waals surface area contributed by atoms with Crippen LogP contribution in [0.15, 0.2) is 22.7 Å². The fraction of sp³-hybridized carbons (Fsp3) is 0.231. The largest absolute Gasteiger partial charge is 0.496 e. The molecule has 20 heavy (non-hydrogen) atoms. The van der Waals surface area contributed by atoms with Crippen LogP contribution >= 0.6 is 39.1 Å². The van der Waals surface area contributed by atoms with Crippen molar-refractivity contribution in [3.05, 3.63) is 38.5 Å². The van der Waals surface area contributed by atoms with E-state index in [2.05, 4.69) is 25.9 Å². The van der Waals surface area contributed by atoms with Crippen molar-refractivity contribution >= 4 is 39.1 Å². The van der Waals surface area contributed by atoms with Gasteiger partial charge in [0.25, 0.3) is 0 Å². The highest BCUT2D eigenvalue weighted by molar-refractivity contribution is 9.10. The minimum atomic E-state index is 0.319. The maximum absolute atomic E-state index is 6.11. The van der Waals surface area contributed by atoms with Gasteiger partial charge in [-0.15, -0.1) is 0 Å². The Morgan fingerprint density at radius 3 is 2.60 bits per heavy atom. The van der Waals surface area contributed by atoms with Gasteiger partial charge < -0.3 is 9.47 Å². The van der Waals surface area contributed by atoms with Gasteiger partial charge in [0.2, 0.25) is 0 Å². The summed E-state index contributed by atoms with van der Waals surface area (Å²) in [6, 6.07) is 5.23. The van der Waals surface area contributed by atoms with Crippen LogP contribution in [0.25, 0.3) is 11.4 Å². The molecule has 7 heteroatoms. The number of halogens is 3. The Morgan fingerprint density at radius 2 is 1.95 bits per heavy atom. The number of rotatable bonds is 4. The van der Waals surface area contributed by atoms with Crippen LogP contribution in [0.5, 0.6) is 5.75 Å². The SMILES string of the molecule is COCc1nc(-c2ccc(Cl)cc2OC)nc(Cl)c1Br. The fourth-order valence-electron chi connectivity index (χ4n) is 1.67. The van der Waals surface area contributed by atoms with Gasteiger partial charge in [0.1, 0.15) is 10.9 Å². The Kier molecular flexibility index (Phi) is 5.21. The van der Waals surface area contributed by atoms with E-state index in [-0.39, 0.29) is 0 Å². The molecule has 0 fully saturated rings. The van der Waals surface area contributed by atoms with Gasteiger partial charge in [-0.1, -0.05) is 23.2 Å². The Hall–Kier alpha value is -0.880. The topological polar surface area (TPSA) is 44.2 Å². The molecule has 0 aliphatic heterocycles. The van der Waals surface area contributed by atoms with E-state index in [4.69, 9.17) is 32.7 Å². The summed E-state index contributed by atoms with van der Waals surface area (Å²) in [6.45, 7) is 0.325. The van der Waals surface area contributed by atoms with Crippen molar-refractivity contribution in [2.24, 2.45) is 0 Å². The Balaban J connectivity index is 2.58. The van der Waals surface area contributed by atoms with Crippen molar-refractivity contribution < 1.29 is 9.47 Å². The predicted molar refractivity (Wildman–Crippen MR) is 82.5 cm³/mol. The first-order valence-corrected chi connectivity index (χ1v) is 7.16. The van der Waals surface area contributed by atoms with Crippen LogP contribution in [-0.4, -0.2) is 24.2 Å². The molecular weight excluding hydrogens is 367 g/mol. The van der Waals surface area contributed by atoms with E-state index in [1.54, 1.807) is 32.4 Å². The maximum atomic E-state index is 6.11. The summed E-state index contributed by atoms with van der Waals surface area (Å²) in [5, 5.41) is 0.893.